The van der Waals surface area contributed by atoms with Crippen molar-refractivity contribution in [3.8, 4) is 0 Å². The lowest BCUT2D eigenvalue weighted by Crippen LogP contribution is -2.54. The lowest BCUT2D eigenvalue weighted by atomic mass is 9.58. The van der Waals surface area contributed by atoms with Crippen LogP contribution in [-0.2, 0) is 28.6 Å². The number of ether oxygens (including phenoxy) is 3. The van der Waals surface area contributed by atoms with Gasteiger partial charge in [0.25, 0.3) is 0 Å². The molecule has 2 N–H and O–H groups in total. The molecule has 0 aromatic carbocycles. The summed E-state index contributed by atoms with van der Waals surface area (Å²) in [7, 11) is 1.18. The van der Waals surface area contributed by atoms with Crippen LogP contribution >= 0.6 is 0 Å². The summed E-state index contributed by atoms with van der Waals surface area (Å²) < 4.78 is 15.2. The second-order valence-corrected chi connectivity index (χ2v) is 7.87. The monoisotopic (exact) mass is 436 g/mol. The van der Waals surface area contributed by atoms with Gasteiger partial charge in [-0.25, -0.2) is 9.59 Å². The minimum atomic E-state index is -1.24. The Morgan fingerprint density at radius 2 is 1.81 bits per heavy atom. The van der Waals surface area contributed by atoms with Crippen molar-refractivity contribution in [3.05, 3.63) is 48.6 Å². The molecule has 172 valence electrons. The van der Waals surface area contributed by atoms with Crippen LogP contribution in [0.1, 0.15) is 27.2 Å². The minimum Gasteiger partial charge on any atom is -0.466 e. The van der Waals surface area contributed by atoms with E-state index >= 15 is 0 Å². The Balaban J connectivity index is 3.30. The molecule has 1 fully saturated rings. The van der Waals surface area contributed by atoms with E-state index in [-0.39, 0.29) is 30.8 Å². The van der Waals surface area contributed by atoms with Crippen molar-refractivity contribution in [2.75, 3.05) is 20.3 Å². The smallest absolute Gasteiger partial charge is 0.333 e. The SMILES string of the molecule is C=C[C@]1(C)C[C@H](OC(=O)/C(C)=C\COC(C)=O)[C@@H](C(=C)C(=O)OC)[C@@H](O)[C@H]1C(=C)CO. The number of allylic oxidation sites excluding steroid dienone is 1. The normalized spacial score (nSPS) is 28.3. The summed E-state index contributed by atoms with van der Waals surface area (Å²) >= 11 is 0. The molecule has 0 heterocycles. The van der Waals surface area contributed by atoms with Gasteiger partial charge >= 0.3 is 17.9 Å². The number of aliphatic hydroxyl groups excluding tert-OH is 2. The quantitative estimate of drug-likeness (QED) is 0.243. The lowest BCUT2D eigenvalue weighted by molar-refractivity contribution is -0.161. The topological polar surface area (TPSA) is 119 Å². The van der Waals surface area contributed by atoms with Crippen LogP contribution in [0.5, 0.6) is 0 Å². The fourth-order valence-corrected chi connectivity index (χ4v) is 3.93. The molecular weight excluding hydrogens is 404 g/mol. The van der Waals surface area contributed by atoms with Crippen LogP contribution in [0.3, 0.4) is 0 Å². The zero-order valence-electron chi connectivity index (χ0n) is 18.6. The number of carbonyl (C=O) groups excluding carboxylic acids is 3. The van der Waals surface area contributed by atoms with Gasteiger partial charge in [0, 0.05) is 24.0 Å². The molecule has 0 amide bonds. The Bertz CT molecular complexity index is 780. The van der Waals surface area contributed by atoms with Gasteiger partial charge in [0.15, 0.2) is 0 Å². The van der Waals surface area contributed by atoms with Gasteiger partial charge in [-0.15, -0.1) is 6.58 Å². The van der Waals surface area contributed by atoms with E-state index in [4.69, 9.17) is 14.2 Å². The second-order valence-electron chi connectivity index (χ2n) is 7.87. The van der Waals surface area contributed by atoms with Crippen LogP contribution in [0.25, 0.3) is 0 Å². The van der Waals surface area contributed by atoms with Crippen molar-refractivity contribution < 1.29 is 38.8 Å². The highest BCUT2D eigenvalue weighted by molar-refractivity contribution is 5.89. The third-order valence-corrected chi connectivity index (χ3v) is 5.68. The number of carbonyl (C=O) groups is 3. The van der Waals surface area contributed by atoms with Gasteiger partial charge in [-0.1, -0.05) is 26.2 Å². The van der Waals surface area contributed by atoms with Crippen LogP contribution < -0.4 is 0 Å². The van der Waals surface area contributed by atoms with Gasteiger partial charge in [-0.3, -0.25) is 4.79 Å². The van der Waals surface area contributed by atoms with E-state index in [9.17, 15) is 24.6 Å². The van der Waals surface area contributed by atoms with Gasteiger partial charge in [-0.05, 0) is 30.4 Å². The van der Waals surface area contributed by atoms with Crippen molar-refractivity contribution in [1.82, 2.24) is 0 Å². The zero-order valence-corrected chi connectivity index (χ0v) is 18.6. The summed E-state index contributed by atoms with van der Waals surface area (Å²) in [5, 5.41) is 20.8. The van der Waals surface area contributed by atoms with Crippen LogP contribution in [0, 0.1) is 17.3 Å². The molecule has 0 aromatic heterocycles. The highest BCUT2D eigenvalue weighted by atomic mass is 16.5. The van der Waals surface area contributed by atoms with E-state index in [0.717, 1.165) is 0 Å². The van der Waals surface area contributed by atoms with Gasteiger partial charge in [0.05, 0.1) is 25.7 Å². The Morgan fingerprint density at radius 1 is 1.19 bits per heavy atom. The summed E-state index contributed by atoms with van der Waals surface area (Å²) in [5.74, 6) is -3.57. The fraction of sp³-hybridized carbons (Fsp3) is 0.522. The number of rotatable bonds is 9. The standard InChI is InChI=1S/C23H32O8/c1-8-23(6)11-17(31-21(27)13(2)9-10-30-16(5)25)18(15(4)22(28)29-7)20(26)19(23)14(3)12-24/h8-9,17-20,24,26H,1,3-4,10-12H2,2,5-7H3/b13-9-/t17-,18+,19+,20+,23+/m0/s1. The summed E-state index contributed by atoms with van der Waals surface area (Å²) in [6.07, 6.45) is 1.03. The van der Waals surface area contributed by atoms with E-state index in [1.54, 1.807) is 13.0 Å². The first-order valence-corrected chi connectivity index (χ1v) is 9.81. The first-order chi connectivity index (χ1) is 14.4. The third kappa shape index (κ3) is 6.15. The van der Waals surface area contributed by atoms with Crippen molar-refractivity contribution >= 4 is 17.9 Å². The number of esters is 3. The van der Waals surface area contributed by atoms with Gasteiger partial charge in [0.2, 0.25) is 0 Å². The molecular formula is C23H32O8. The van der Waals surface area contributed by atoms with Crippen molar-refractivity contribution in [2.24, 2.45) is 17.3 Å². The average Bonchev–Trinajstić information content (AvgIpc) is 2.71. The van der Waals surface area contributed by atoms with E-state index < -0.39 is 47.4 Å². The zero-order chi connectivity index (χ0) is 23.9. The van der Waals surface area contributed by atoms with Crippen molar-refractivity contribution in [2.45, 2.75) is 39.4 Å². The first-order valence-electron chi connectivity index (χ1n) is 9.81. The molecule has 1 rings (SSSR count). The predicted molar refractivity (Wildman–Crippen MR) is 114 cm³/mol. The molecule has 5 atom stereocenters. The molecule has 8 nitrogen and oxygen atoms in total. The average molecular weight is 437 g/mol. The lowest BCUT2D eigenvalue weighted by Gasteiger charge is -2.50. The Kier molecular flexibility index (Phi) is 9.40. The van der Waals surface area contributed by atoms with Gasteiger partial charge in [0.1, 0.15) is 12.7 Å². The summed E-state index contributed by atoms with van der Waals surface area (Å²) in [4.78, 5) is 35.7. The molecule has 0 aromatic rings. The molecule has 8 heteroatoms. The van der Waals surface area contributed by atoms with Crippen molar-refractivity contribution in [3.63, 3.8) is 0 Å². The number of methoxy groups -OCH3 is 1. The molecule has 0 saturated heterocycles. The molecule has 1 saturated carbocycles. The predicted octanol–water partition coefficient (Wildman–Crippen LogP) is 1.87. The second kappa shape index (κ2) is 11.1. The first kappa shape index (κ1) is 26.3. The molecule has 1 aliphatic rings. The molecule has 0 bridgehead atoms. The molecule has 31 heavy (non-hydrogen) atoms. The van der Waals surface area contributed by atoms with E-state index in [1.165, 1.54) is 27.0 Å². The van der Waals surface area contributed by atoms with E-state index in [0.29, 0.717) is 5.57 Å². The van der Waals surface area contributed by atoms with Gasteiger partial charge in [-0.2, -0.15) is 0 Å². The number of hydrogen-bond acceptors (Lipinski definition) is 8. The van der Waals surface area contributed by atoms with Crippen LogP contribution in [-0.4, -0.2) is 60.7 Å². The van der Waals surface area contributed by atoms with Gasteiger partial charge < -0.3 is 24.4 Å². The highest BCUT2D eigenvalue weighted by Crippen LogP contribution is 2.50. The molecule has 0 aliphatic heterocycles. The number of hydrogen-bond donors (Lipinski definition) is 2. The maximum atomic E-state index is 12.6. The Morgan fingerprint density at radius 3 is 2.29 bits per heavy atom. The maximum absolute atomic E-state index is 12.6. The molecule has 0 radical (unpaired) electrons. The Labute approximate surface area is 182 Å². The summed E-state index contributed by atoms with van der Waals surface area (Å²) in [5.41, 5.74) is -0.289. The van der Waals surface area contributed by atoms with Crippen LogP contribution in [0.2, 0.25) is 0 Å². The fourth-order valence-electron chi connectivity index (χ4n) is 3.93. The van der Waals surface area contributed by atoms with Crippen LogP contribution in [0.4, 0.5) is 0 Å². The molecule has 0 spiro atoms. The molecule has 0 unspecified atom stereocenters. The summed E-state index contributed by atoms with van der Waals surface area (Å²) in [6, 6.07) is 0. The largest absolute Gasteiger partial charge is 0.466 e. The van der Waals surface area contributed by atoms with Crippen LogP contribution in [0.15, 0.2) is 48.6 Å². The molecule has 1 aliphatic carbocycles. The van der Waals surface area contributed by atoms with E-state index in [1.807, 2.05) is 0 Å². The third-order valence-electron chi connectivity index (χ3n) is 5.68. The summed E-state index contributed by atoms with van der Waals surface area (Å²) in [6.45, 7) is 15.5. The van der Waals surface area contributed by atoms with E-state index in [2.05, 4.69) is 19.7 Å². The minimum absolute atomic E-state index is 0.0591. The maximum Gasteiger partial charge on any atom is 0.333 e. The highest BCUT2D eigenvalue weighted by Gasteiger charge is 2.53. The van der Waals surface area contributed by atoms with Crippen molar-refractivity contribution in [1.29, 1.82) is 0 Å². The Hall–Kier alpha value is -2.71. The number of aliphatic hydroxyl groups is 2.